The van der Waals surface area contributed by atoms with Crippen molar-refractivity contribution < 1.29 is 0 Å². The van der Waals surface area contributed by atoms with E-state index in [2.05, 4.69) is 12.2 Å². The van der Waals surface area contributed by atoms with Crippen molar-refractivity contribution in [2.24, 2.45) is 0 Å². The van der Waals surface area contributed by atoms with Crippen LogP contribution in [0.15, 0.2) is 42.5 Å². The number of nitrogens with one attached hydrogen (secondary N) is 1. The zero-order valence-electron chi connectivity index (χ0n) is 10.5. The Morgan fingerprint density at radius 2 is 1.74 bits per heavy atom. The second-order valence-electron chi connectivity index (χ2n) is 4.40. The fourth-order valence-electron chi connectivity index (χ4n) is 1.87. The molecule has 2 rings (SSSR count). The maximum atomic E-state index is 6.18. The van der Waals surface area contributed by atoms with Crippen molar-refractivity contribution in [1.29, 1.82) is 0 Å². The van der Waals surface area contributed by atoms with Crippen LogP contribution in [0.5, 0.6) is 0 Å². The van der Waals surface area contributed by atoms with Crippen LogP contribution in [0.3, 0.4) is 0 Å². The highest BCUT2D eigenvalue weighted by molar-refractivity contribution is 6.33. The summed E-state index contributed by atoms with van der Waals surface area (Å²) < 4.78 is 0. The summed E-state index contributed by atoms with van der Waals surface area (Å²) in [6, 6.07) is 13.4. The molecule has 0 radical (unpaired) electrons. The van der Waals surface area contributed by atoms with Crippen molar-refractivity contribution in [3.8, 4) is 0 Å². The van der Waals surface area contributed by atoms with Crippen LogP contribution < -0.4 is 5.32 Å². The van der Waals surface area contributed by atoms with Gasteiger partial charge in [0.25, 0.3) is 0 Å². The van der Waals surface area contributed by atoms with Gasteiger partial charge in [0.15, 0.2) is 0 Å². The molecule has 1 atom stereocenters. The summed E-state index contributed by atoms with van der Waals surface area (Å²) in [7, 11) is 0. The Bertz CT molecular complexity index is 569. The first-order valence-corrected chi connectivity index (χ1v) is 7.12. The molecule has 0 spiro atoms. The van der Waals surface area contributed by atoms with E-state index in [0.717, 1.165) is 27.7 Å². The lowest BCUT2D eigenvalue weighted by molar-refractivity contribution is 0.575. The molecule has 0 saturated heterocycles. The molecule has 0 fully saturated rings. The summed E-state index contributed by atoms with van der Waals surface area (Å²) >= 11 is 18.1. The van der Waals surface area contributed by atoms with Gasteiger partial charge in [-0.3, -0.25) is 0 Å². The van der Waals surface area contributed by atoms with Gasteiger partial charge in [-0.15, -0.1) is 0 Å². The molecule has 0 aliphatic heterocycles. The third kappa shape index (κ3) is 4.12. The molecule has 100 valence electrons. The van der Waals surface area contributed by atoms with Gasteiger partial charge >= 0.3 is 0 Å². The van der Waals surface area contributed by atoms with E-state index in [1.807, 2.05) is 36.4 Å². The third-order valence-electron chi connectivity index (χ3n) is 2.93. The molecule has 2 aromatic rings. The molecule has 0 saturated carbocycles. The highest BCUT2D eigenvalue weighted by atomic mass is 35.5. The maximum absolute atomic E-state index is 6.18. The number of halogens is 3. The minimum Gasteiger partial charge on any atom is -0.306 e. The highest BCUT2D eigenvalue weighted by Gasteiger charge is 2.09. The molecule has 1 nitrogen and oxygen atoms in total. The summed E-state index contributed by atoms with van der Waals surface area (Å²) in [5.74, 6) is 0. The Morgan fingerprint density at radius 3 is 2.47 bits per heavy atom. The Hall–Kier alpha value is -0.730. The molecule has 2 aromatic carbocycles. The molecule has 0 aromatic heterocycles. The van der Waals surface area contributed by atoms with Gasteiger partial charge in [0.1, 0.15) is 0 Å². The van der Waals surface area contributed by atoms with Crippen LogP contribution in [0.4, 0.5) is 0 Å². The minimum absolute atomic E-state index is 0.116. The summed E-state index contributed by atoms with van der Waals surface area (Å²) in [6.07, 6.45) is 0. The Balaban J connectivity index is 2.05. The molecule has 0 heterocycles. The van der Waals surface area contributed by atoms with Gasteiger partial charge in [-0.1, -0.05) is 46.9 Å². The first kappa shape index (κ1) is 14.7. The molecular weight excluding hydrogens is 301 g/mol. The Morgan fingerprint density at radius 1 is 1.00 bits per heavy atom. The number of rotatable bonds is 4. The third-order valence-corrected chi connectivity index (χ3v) is 3.74. The second kappa shape index (κ2) is 6.62. The standard InChI is InChI=1S/C15H14Cl3N/c1-10(14-8-13(17)5-6-15(14)18)19-9-11-3-2-4-12(16)7-11/h2-8,10,19H,9H2,1H3. The topological polar surface area (TPSA) is 12.0 Å². The minimum atomic E-state index is 0.116. The van der Waals surface area contributed by atoms with E-state index in [1.165, 1.54) is 0 Å². The van der Waals surface area contributed by atoms with Crippen molar-refractivity contribution >= 4 is 34.8 Å². The van der Waals surface area contributed by atoms with Gasteiger partial charge < -0.3 is 5.32 Å². The van der Waals surface area contributed by atoms with Crippen LogP contribution in [0, 0.1) is 0 Å². The quantitative estimate of drug-likeness (QED) is 0.786. The van der Waals surface area contributed by atoms with Gasteiger partial charge in [0.05, 0.1) is 0 Å². The van der Waals surface area contributed by atoms with Crippen molar-refractivity contribution in [3.05, 3.63) is 68.7 Å². The van der Waals surface area contributed by atoms with Crippen LogP contribution in [0.1, 0.15) is 24.1 Å². The molecule has 19 heavy (non-hydrogen) atoms. The average Bonchev–Trinajstić information content (AvgIpc) is 2.39. The summed E-state index contributed by atoms with van der Waals surface area (Å²) in [5.41, 5.74) is 2.13. The van der Waals surface area contributed by atoms with Gasteiger partial charge in [0, 0.05) is 27.7 Å². The van der Waals surface area contributed by atoms with E-state index in [1.54, 1.807) is 6.07 Å². The van der Waals surface area contributed by atoms with E-state index in [0.29, 0.717) is 5.02 Å². The normalized spacial score (nSPS) is 12.4. The summed E-state index contributed by atoms with van der Waals surface area (Å²) in [5, 5.41) is 5.56. The van der Waals surface area contributed by atoms with Crippen LogP contribution >= 0.6 is 34.8 Å². The molecule has 4 heteroatoms. The second-order valence-corrected chi connectivity index (χ2v) is 5.68. The molecule has 0 amide bonds. The van der Waals surface area contributed by atoms with E-state index >= 15 is 0 Å². The van der Waals surface area contributed by atoms with Gasteiger partial charge in [-0.2, -0.15) is 0 Å². The molecule has 1 N–H and O–H groups in total. The maximum Gasteiger partial charge on any atom is 0.0454 e. The van der Waals surface area contributed by atoms with Gasteiger partial charge in [-0.05, 0) is 48.4 Å². The average molecular weight is 315 g/mol. The molecule has 1 unspecified atom stereocenters. The molecule has 0 aliphatic carbocycles. The largest absolute Gasteiger partial charge is 0.306 e. The van der Waals surface area contributed by atoms with E-state index < -0.39 is 0 Å². The van der Waals surface area contributed by atoms with Crippen molar-refractivity contribution in [2.75, 3.05) is 0 Å². The summed E-state index contributed by atoms with van der Waals surface area (Å²) in [4.78, 5) is 0. The first-order chi connectivity index (χ1) is 9.06. The predicted molar refractivity (Wildman–Crippen MR) is 83.2 cm³/mol. The summed E-state index contributed by atoms with van der Waals surface area (Å²) in [6.45, 7) is 2.78. The predicted octanol–water partition coefficient (Wildman–Crippen LogP) is 5.50. The van der Waals surface area contributed by atoms with Crippen molar-refractivity contribution in [3.63, 3.8) is 0 Å². The van der Waals surface area contributed by atoms with Crippen LogP contribution in [0.2, 0.25) is 15.1 Å². The first-order valence-electron chi connectivity index (χ1n) is 5.99. The van der Waals surface area contributed by atoms with E-state index in [9.17, 15) is 0 Å². The lowest BCUT2D eigenvalue weighted by Crippen LogP contribution is -2.18. The molecule has 0 bridgehead atoms. The fourth-order valence-corrected chi connectivity index (χ4v) is 2.55. The van der Waals surface area contributed by atoms with Crippen LogP contribution in [-0.4, -0.2) is 0 Å². The zero-order valence-corrected chi connectivity index (χ0v) is 12.7. The SMILES string of the molecule is CC(NCc1cccc(Cl)c1)c1cc(Cl)ccc1Cl. The van der Waals surface area contributed by atoms with Crippen molar-refractivity contribution in [2.45, 2.75) is 19.5 Å². The van der Waals surface area contributed by atoms with Crippen molar-refractivity contribution in [1.82, 2.24) is 5.32 Å². The van der Waals surface area contributed by atoms with Gasteiger partial charge in [0.2, 0.25) is 0 Å². The fraction of sp³-hybridized carbons (Fsp3) is 0.200. The highest BCUT2D eigenvalue weighted by Crippen LogP contribution is 2.26. The number of hydrogen-bond donors (Lipinski definition) is 1. The zero-order chi connectivity index (χ0) is 13.8. The molecular formula is C15H14Cl3N. The lowest BCUT2D eigenvalue weighted by Gasteiger charge is -2.16. The van der Waals surface area contributed by atoms with Crippen LogP contribution in [0.25, 0.3) is 0 Å². The van der Waals surface area contributed by atoms with Gasteiger partial charge in [-0.25, -0.2) is 0 Å². The number of hydrogen-bond acceptors (Lipinski definition) is 1. The Labute approximate surface area is 128 Å². The molecule has 0 aliphatic rings. The van der Waals surface area contributed by atoms with E-state index in [4.69, 9.17) is 34.8 Å². The van der Waals surface area contributed by atoms with Crippen LogP contribution in [-0.2, 0) is 6.54 Å². The lowest BCUT2D eigenvalue weighted by atomic mass is 10.1. The van der Waals surface area contributed by atoms with E-state index in [-0.39, 0.29) is 6.04 Å². The number of benzene rings is 2. The Kier molecular flexibility index (Phi) is 5.12. The monoisotopic (exact) mass is 313 g/mol. The smallest absolute Gasteiger partial charge is 0.0454 e.